The summed E-state index contributed by atoms with van der Waals surface area (Å²) in [5.74, 6) is 0.811. The summed E-state index contributed by atoms with van der Waals surface area (Å²) in [5, 5.41) is 4.19. The average molecular weight is 401 g/mol. The van der Waals surface area contributed by atoms with Crippen LogP contribution in [0.3, 0.4) is 0 Å². The fraction of sp³-hybridized carbons (Fsp3) is 0.471. The van der Waals surface area contributed by atoms with Crippen molar-refractivity contribution in [3.05, 3.63) is 36.7 Å². The second-order valence-electron chi connectivity index (χ2n) is 6.30. The number of nitrogens with one attached hydrogen (secondary N) is 1. The number of para-hydroxylation sites is 2. The van der Waals surface area contributed by atoms with Crippen LogP contribution in [0, 0.1) is 5.92 Å². The van der Waals surface area contributed by atoms with E-state index in [2.05, 4.69) is 9.82 Å². The molecule has 0 bridgehead atoms. The summed E-state index contributed by atoms with van der Waals surface area (Å²) in [4.78, 5) is 0.139. The van der Waals surface area contributed by atoms with E-state index in [1.807, 2.05) is 18.2 Å². The lowest BCUT2D eigenvalue weighted by Crippen LogP contribution is -2.44. The second kappa shape index (κ2) is 8.85. The normalized spacial score (nSPS) is 20.4. The molecule has 1 aliphatic rings. The molecular weight excluding hydrogens is 376 g/mol. The van der Waals surface area contributed by atoms with Crippen molar-refractivity contribution in [2.75, 3.05) is 13.7 Å². The number of nitrogens with zero attached hydrogens (tertiary/aromatic N) is 2. The van der Waals surface area contributed by atoms with Gasteiger partial charge in [-0.15, -0.1) is 12.4 Å². The van der Waals surface area contributed by atoms with Crippen molar-refractivity contribution in [2.45, 2.75) is 36.6 Å². The van der Waals surface area contributed by atoms with Gasteiger partial charge in [0.05, 0.1) is 19.5 Å². The number of benzene rings is 1. The molecule has 2 unspecified atom stereocenters. The van der Waals surface area contributed by atoms with Gasteiger partial charge < -0.3 is 10.5 Å². The lowest BCUT2D eigenvalue weighted by Gasteiger charge is -2.30. The molecule has 0 saturated heterocycles. The van der Waals surface area contributed by atoms with Crippen LogP contribution in [-0.4, -0.2) is 37.9 Å². The largest absolute Gasteiger partial charge is 0.494 e. The molecular formula is C17H25ClN4O3S. The highest BCUT2D eigenvalue weighted by atomic mass is 35.5. The smallest absolute Gasteiger partial charge is 0.243 e. The highest BCUT2D eigenvalue weighted by Crippen LogP contribution is 2.26. The standard InChI is InChI=1S/C17H24N4O3S.ClH/c1-24-17-9-5-4-8-16(17)21-12-14(11-19-21)25(22,23)20-15-7-3-2-6-13(15)10-18;/h4-5,8-9,11-13,15,20H,2-3,6-7,10,18H2,1H3;1H. The van der Waals surface area contributed by atoms with Crippen LogP contribution in [0.1, 0.15) is 25.7 Å². The van der Waals surface area contributed by atoms with Gasteiger partial charge in [-0.25, -0.2) is 17.8 Å². The molecule has 1 aromatic carbocycles. The molecule has 0 radical (unpaired) electrons. The van der Waals surface area contributed by atoms with E-state index in [4.69, 9.17) is 10.5 Å². The molecule has 7 nitrogen and oxygen atoms in total. The van der Waals surface area contributed by atoms with Crippen LogP contribution in [0.5, 0.6) is 5.75 Å². The predicted molar refractivity (Wildman–Crippen MR) is 102 cm³/mol. The molecule has 1 saturated carbocycles. The maximum absolute atomic E-state index is 12.7. The minimum Gasteiger partial charge on any atom is -0.494 e. The third kappa shape index (κ3) is 4.37. The van der Waals surface area contributed by atoms with Gasteiger partial charge in [0.2, 0.25) is 10.0 Å². The Morgan fingerprint density at radius 3 is 2.77 bits per heavy atom. The molecule has 0 amide bonds. The summed E-state index contributed by atoms with van der Waals surface area (Å²) < 4.78 is 35.1. The first-order valence-corrected chi connectivity index (χ1v) is 9.94. The van der Waals surface area contributed by atoms with Crippen LogP contribution >= 0.6 is 12.4 Å². The van der Waals surface area contributed by atoms with E-state index < -0.39 is 10.0 Å². The number of rotatable bonds is 6. The quantitative estimate of drug-likeness (QED) is 0.773. The molecule has 3 N–H and O–H groups in total. The van der Waals surface area contributed by atoms with E-state index in [1.165, 1.54) is 17.1 Å². The summed E-state index contributed by atoms with van der Waals surface area (Å²) in [6.07, 6.45) is 6.76. The topological polar surface area (TPSA) is 99.2 Å². The van der Waals surface area contributed by atoms with E-state index in [0.29, 0.717) is 18.0 Å². The van der Waals surface area contributed by atoms with Crippen LogP contribution in [0.2, 0.25) is 0 Å². The Hall–Kier alpha value is -1.61. The Kier molecular flexibility index (Phi) is 7.05. The van der Waals surface area contributed by atoms with Crippen molar-refractivity contribution in [2.24, 2.45) is 11.7 Å². The van der Waals surface area contributed by atoms with Crippen LogP contribution in [-0.2, 0) is 10.0 Å². The molecule has 2 aromatic rings. The molecule has 144 valence electrons. The molecule has 3 rings (SSSR count). The van der Waals surface area contributed by atoms with Gasteiger partial charge >= 0.3 is 0 Å². The molecule has 1 aliphatic carbocycles. The Morgan fingerprint density at radius 2 is 2.04 bits per heavy atom. The molecule has 1 heterocycles. The first-order chi connectivity index (χ1) is 12.0. The van der Waals surface area contributed by atoms with Crippen molar-refractivity contribution in [1.82, 2.24) is 14.5 Å². The second-order valence-corrected chi connectivity index (χ2v) is 8.01. The maximum atomic E-state index is 12.7. The van der Waals surface area contributed by atoms with E-state index in [9.17, 15) is 8.42 Å². The molecule has 0 spiro atoms. The van der Waals surface area contributed by atoms with Crippen LogP contribution in [0.15, 0.2) is 41.6 Å². The molecule has 9 heteroatoms. The number of hydrogen-bond donors (Lipinski definition) is 2. The molecule has 1 aromatic heterocycles. The van der Waals surface area contributed by atoms with Crippen LogP contribution < -0.4 is 15.2 Å². The third-order valence-electron chi connectivity index (χ3n) is 4.72. The molecule has 1 fully saturated rings. The van der Waals surface area contributed by atoms with E-state index in [1.54, 1.807) is 13.2 Å². The zero-order valence-electron chi connectivity index (χ0n) is 14.7. The highest BCUT2D eigenvalue weighted by Gasteiger charge is 2.29. The Labute approximate surface area is 160 Å². The van der Waals surface area contributed by atoms with Gasteiger partial charge in [0.25, 0.3) is 0 Å². The van der Waals surface area contributed by atoms with Crippen molar-refractivity contribution in [3.63, 3.8) is 0 Å². The van der Waals surface area contributed by atoms with Gasteiger partial charge in [-0.05, 0) is 37.4 Å². The minimum absolute atomic E-state index is 0. The lowest BCUT2D eigenvalue weighted by atomic mass is 9.85. The van der Waals surface area contributed by atoms with Crippen molar-refractivity contribution in [3.8, 4) is 11.4 Å². The maximum Gasteiger partial charge on any atom is 0.243 e. The zero-order chi connectivity index (χ0) is 17.9. The lowest BCUT2D eigenvalue weighted by molar-refractivity contribution is 0.296. The monoisotopic (exact) mass is 400 g/mol. The van der Waals surface area contributed by atoms with Gasteiger partial charge in [-0.1, -0.05) is 25.0 Å². The van der Waals surface area contributed by atoms with E-state index in [-0.39, 0.29) is 29.3 Å². The average Bonchev–Trinajstić information content (AvgIpc) is 3.13. The Balaban J connectivity index is 0.00000243. The van der Waals surface area contributed by atoms with Gasteiger partial charge in [0.15, 0.2) is 0 Å². The summed E-state index contributed by atoms with van der Waals surface area (Å²) in [6, 6.07) is 7.21. The fourth-order valence-electron chi connectivity index (χ4n) is 3.31. The van der Waals surface area contributed by atoms with Crippen molar-refractivity contribution < 1.29 is 13.2 Å². The van der Waals surface area contributed by atoms with E-state index >= 15 is 0 Å². The number of aromatic nitrogens is 2. The number of methoxy groups -OCH3 is 1. The van der Waals surface area contributed by atoms with Gasteiger partial charge in [0.1, 0.15) is 16.3 Å². The number of ether oxygens (including phenoxy) is 1. The van der Waals surface area contributed by atoms with Crippen LogP contribution in [0.4, 0.5) is 0 Å². The SMILES string of the molecule is COc1ccccc1-n1cc(S(=O)(=O)NC2CCCCC2CN)cn1.Cl. The summed E-state index contributed by atoms with van der Waals surface area (Å²) in [5.41, 5.74) is 6.48. The molecule has 0 aliphatic heterocycles. The van der Waals surface area contributed by atoms with Crippen molar-refractivity contribution >= 4 is 22.4 Å². The Morgan fingerprint density at radius 1 is 1.31 bits per heavy atom. The summed E-state index contributed by atoms with van der Waals surface area (Å²) in [6.45, 7) is 0.494. The van der Waals surface area contributed by atoms with Gasteiger partial charge in [-0.2, -0.15) is 5.10 Å². The van der Waals surface area contributed by atoms with Gasteiger partial charge in [0, 0.05) is 6.04 Å². The van der Waals surface area contributed by atoms with Crippen LogP contribution in [0.25, 0.3) is 5.69 Å². The first kappa shape index (κ1) is 20.7. The van der Waals surface area contributed by atoms with E-state index in [0.717, 1.165) is 25.7 Å². The third-order valence-corrected chi connectivity index (χ3v) is 6.16. The van der Waals surface area contributed by atoms with Gasteiger partial charge in [-0.3, -0.25) is 0 Å². The Bertz CT molecular complexity index is 825. The zero-order valence-corrected chi connectivity index (χ0v) is 16.3. The predicted octanol–water partition coefficient (Wildman–Crippen LogP) is 2.10. The molecule has 2 atom stereocenters. The number of nitrogens with two attached hydrogens (primary N) is 1. The van der Waals surface area contributed by atoms with Crippen molar-refractivity contribution in [1.29, 1.82) is 0 Å². The number of sulfonamides is 1. The number of hydrogen-bond acceptors (Lipinski definition) is 5. The fourth-order valence-corrected chi connectivity index (χ4v) is 4.58. The summed E-state index contributed by atoms with van der Waals surface area (Å²) in [7, 11) is -2.07. The first-order valence-electron chi connectivity index (χ1n) is 8.45. The minimum atomic E-state index is -3.64. The molecule has 26 heavy (non-hydrogen) atoms. The highest BCUT2D eigenvalue weighted by molar-refractivity contribution is 7.89. The summed E-state index contributed by atoms with van der Waals surface area (Å²) >= 11 is 0. The number of halogens is 1.